The molecular formula is C23H22FNO2. The van der Waals surface area contributed by atoms with Gasteiger partial charge in [0.05, 0.1) is 6.54 Å². The Labute approximate surface area is 159 Å². The number of carbonyl (C=O) groups excluding carboxylic acids is 1. The summed E-state index contributed by atoms with van der Waals surface area (Å²) in [7, 11) is 0. The molecule has 0 N–H and O–H groups in total. The van der Waals surface area contributed by atoms with E-state index < -0.39 is 0 Å². The Kier molecular flexibility index (Phi) is 6.21. The molecule has 0 fully saturated rings. The standard InChI is InChI=1S/C23H22FNO2/c1-18(26)25(17-19-6-5-9-22(24)16-19)14-15-27-23-12-10-21(11-13-23)20-7-3-2-4-8-20/h2-13,16H,14-15,17H2,1H3. The lowest BCUT2D eigenvalue weighted by atomic mass is 10.1. The summed E-state index contributed by atoms with van der Waals surface area (Å²) in [6, 6.07) is 24.3. The number of rotatable bonds is 7. The maximum Gasteiger partial charge on any atom is 0.219 e. The maximum absolute atomic E-state index is 13.3. The van der Waals surface area contributed by atoms with Crippen molar-refractivity contribution in [3.05, 3.63) is 90.2 Å². The fraction of sp³-hybridized carbons (Fsp3) is 0.174. The van der Waals surface area contributed by atoms with E-state index in [1.54, 1.807) is 11.0 Å². The largest absolute Gasteiger partial charge is 0.492 e. The van der Waals surface area contributed by atoms with Crippen LogP contribution >= 0.6 is 0 Å². The van der Waals surface area contributed by atoms with Gasteiger partial charge in [-0.2, -0.15) is 0 Å². The molecule has 3 nitrogen and oxygen atoms in total. The van der Waals surface area contributed by atoms with Crippen LogP contribution in [-0.4, -0.2) is 24.0 Å². The molecule has 0 aromatic heterocycles. The van der Waals surface area contributed by atoms with Crippen LogP contribution < -0.4 is 4.74 Å². The zero-order valence-electron chi connectivity index (χ0n) is 15.3. The summed E-state index contributed by atoms with van der Waals surface area (Å²) in [5.41, 5.74) is 3.04. The molecule has 0 aliphatic carbocycles. The lowest BCUT2D eigenvalue weighted by Gasteiger charge is -2.21. The van der Waals surface area contributed by atoms with E-state index in [9.17, 15) is 9.18 Å². The molecule has 3 aromatic carbocycles. The van der Waals surface area contributed by atoms with Gasteiger partial charge in [0.25, 0.3) is 0 Å². The molecular weight excluding hydrogens is 341 g/mol. The van der Waals surface area contributed by atoms with Gasteiger partial charge in [-0.25, -0.2) is 4.39 Å². The Morgan fingerprint density at radius 1 is 0.926 bits per heavy atom. The molecule has 0 unspecified atom stereocenters. The third kappa shape index (κ3) is 5.42. The van der Waals surface area contributed by atoms with E-state index in [1.807, 2.05) is 48.5 Å². The van der Waals surface area contributed by atoms with Gasteiger partial charge in [0.1, 0.15) is 18.2 Å². The van der Waals surface area contributed by atoms with E-state index in [-0.39, 0.29) is 11.7 Å². The van der Waals surface area contributed by atoms with Crippen molar-refractivity contribution in [3.8, 4) is 16.9 Å². The number of nitrogens with zero attached hydrogens (tertiary/aromatic N) is 1. The Morgan fingerprint density at radius 2 is 1.63 bits per heavy atom. The van der Waals surface area contributed by atoms with Crippen LogP contribution in [0.25, 0.3) is 11.1 Å². The number of hydrogen-bond acceptors (Lipinski definition) is 2. The average molecular weight is 363 g/mol. The lowest BCUT2D eigenvalue weighted by molar-refractivity contribution is -0.129. The maximum atomic E-state index is 13.3. The summed E-state index contributed by atoms with van der Waals surface area (Å²) in [5, 5.41) is 0. The van der Waals surface area contributed by atoms with Crippen molar-refractivity contribution in [1.82, 2.24) is 4.90 Å². The molecule has 0 saturated heterocycles. The molecule has 3 rings (SSSR count). The Morgan fingerprint density at radius 3 is 2.30 bits per heavy atom. The van der Waals surface area contributed by atoms with E-state index in [4.69, 9.17) is 4.74 Å². The van der Waals surface area contributed by atoms with Gasteiger partial charge in [-0.05, 0) is 41.0 Å². The molecule has 0 spiro atoms. The number of benzene rings is 3. The van der Waals surface area contributed by atoms with Gasteiger partial charge in [0, 0.05) is 13.5 Å². The van der Waals surface area contributed by atoms with Crippen molar-refractivity contribution in [2.75, 3.05) is 13.2 Å². The minimum atomic E-state index is -0.300. The molecule has 4 heteroatoms. The molecule has 27 heavy (non-hydrogen) atoms. The predicted octanol–water partition coefficient (Wildman–Crippen LogP) is 4.92. The molecule has 138 valence electrons. The van der Waals surface area contributed by atoms with E-state index in [2.05, 4.69) is 12.1 Å². The third-order valence-corrected chi connectivity index (χ3v) is 4.30. The highest BCUT2D eigenvalue weighted by Crippen LogP contribution is 2.22. The first-order valence-corrected chi connectivity index (χ1v) is 8.90. The first-order valence-electron chi connectivity index (χ1n) is 8.90. The molecule has 0 atom stereocenters. The van der Waals surface area contributed by atoms with Crippen molar-refractivity contribution in [3.63, 3.8) is 0 Å². The van der Waals surface area contributed by atoms with E-state index in [0.717, 1.165) is 22.4 Å². The average Bonchev–Trinajstić information content (AvgIpc) is 2.68. The van der Waals surface area contributed by atoms with Crippen LogP contribution in [0.5, 0.6) is 5.75 Å². The molecule has 3 aromatic rings. The second-order valence-electron chi connectivity index (χ2n) is 6.31. The van der Waals surface area contributed by atoms with Gasteiger partial charge in [0.15, 0.2) is 0 Å². The van der Waals surface area contributed by atoms with Gasteiger partial charge >= 0.3 is 0 Å². The van der Waals surface area contributed by atoms with E-state index in [1.165, 1.54) is 19.1 Å². The van der Waals surface area contributed by atoms with Crippen molar-refractivity contribution < 1.29 is 13.9 Å². The lowest BCUT2D eigenvalue weighted by Crippen LogP contribution is -2.32. The van der Waals surface area contributed by atoms with Crippen LogP contribution in [0.15, 0.2) is 78.9 Å². The fourth-order valence-corrected chi connectivity index (χ4v) is 2.85. The molecule has 0 aliphatic heterocycles. The SMILES string of the molecule is CC(=O)N(CCOc1ccc(-c2ccccc2)cc1)Cc1cccc(F)c1. The summed E-state index contributed by atoms with van der Waals surface area (Å²) in [6.45, 7) is 2.68. The normalized spacial score (nSPS) is 10.4. The molecule has 1 amide bonds. The number of halogens is 1. The topological polar surface area (TPSA) is 29.5 Å². The van der Waals surface area contributed by atoms with Crippen molar-refractivity contribution in [1.29, 1.82) is 0 Å². The first-order chi connectivity index (χ1) is 13.1. The summed E-state index contributed by atoms with van der Waals surface area (Å²) < 4.78 is 19.1. The number of amides is 1. The quantitative estimate of drug-likeness (QED) is 0.596. The summed E-state index contributed by atoms with van der Waals surface area (Å²) in [4.78, 5) is 13.5. The highest BCUT2D eigenvalue weighted by molar-refractivity contribution is 5.73. The zero-order valence-corrected chi connectivity index (χ0v) is 15.3. The highest BCUT2D eigenvalue weighted by Gasteiger charge is 2.10. The monoisotopic (exact) mass is 363 g/mol. The van der Waals surface area contributed by atoms with Crippen LogP contribution in [0, 0.1) is 5.82 Å². The molecule has 0 bridgehead atoms. The highest BCUT2D eigenvalue weighted by atomic mass is 19.1. The molecule has 0 radical (unpaired) electrons. The van der Waals surface area contributed by atoms with Crippen LogP contribution in [-0.2, 0) is 11.3 Å². The Bertz CT molecular complexity index is 878. The van der Waals surface area contributed by atoms with Gasteiger partial charge < -0.3 is 9.64 Å². The smallest absolute Gasteiger partial charge is 0.219 e. The molecule has 0 aliphatic rings. The summed E-state index contributed by atoms with van der Waals surface area (Å²) >= 11 is 0. The van der Waals surface area contributed by atoms with Gasteiger partial charge in [-0.3, -0.25) is 4.79 Å². The van der Waals surface area contributed by atoms with Crippen LogP contribution in [0.1, 0.15) is 12.5 Å². The zero-order chi connectivity index (χ0) is 19.1. The number of carbonyl (C=O) groups is 1. The molecule has 0 heterocycles. The molecule has 0 saturated carbocycles. The van der Waals surface area contributed by atoms with Gasteiger partial charge in [0.2, 0.25) is 5.91 Å². The Balaban J connectivity index is 1.55. The fourth-order valence-electron chi connectivity index (χ4n) is 2.85. The van der Waals surface area contributed by atoms with E-state index >= 15 is 0 Å². The van der Waals surface area contributed by atoms with Crippen LogP contribution in [0.2, 0.25) is 0 Å². The minimum Gasteiger partial charge on any atom is -0.492 e. The second-order valence-corrected chi connectivity index (χ2v) is 6.31. The number of hydrogen-bond donors (Lipinski definition) is 0. The predicted molar refractivity (Wildman–Crippen MR) is 105 cm³/mol. The Hall–Kier alpha value is -3.14. The van der Waals surface area contributed by atoms with Crippen LogP contribution in [0.4, 0.5) is 4.39 Å². The van der Waals surface area contributed by atoms with E-state index in [0.29, 0.717) is 19.7 Å². The summed E-state index contributed by atoms with van der Waals surface area (Å²) in [6.07, 6.45) is 0. The van der Waals surface area contributed by atoms with Crippen molar-refractivity contribution in [2.45, 2.75) is 13.5 Å². The first kappa shape index (κ1) is 18.6. The van der Waals surface area contributed by atoms with Gasteiger partial charge in [-0.1, -0.05) is 54.6 Å². The van der Waals surface area contributed by atoms with Crippen LogP contribution in [0.3, 0.4) is 0 Å². The summed E-state index contributed by atoms with van der Waals surface area (Å²) in [5.74, 6) is 0.386. The van der Waals surface area contributed by atoms with Crippen molar-refractivity contribution >= 4 is 5.91 Å². The third-order valence-electron chi connectivity index (χ3n) is 4.30. The van der Waals surface area contributed by atoms with Gasteiger partial charge in [-0.15, -0.1) is 0 Å². The minimum absolute atomic E-state index is 0.0673. The second kappa shape index (κ2) is 8.99. The number of ether oxygens (including phenoxy) is 1. The van der Waals surface area contributed by atoms with Crippen molar-refractivity contribution in [2.24, 2.45) is 0 Å².